The summed E-state index contributed by atoms with van der Waals surface area (Å²) in [4.78, 5) is 27.9. The van der Waals surface area contributed by atoms with Gasteiger partial charge in [0.2, 0.25) is 0 Å². The Morgan fingerprint density at radius 2 is 1.97 bits per heavy atom. The molecular formula is C26H29FN4O2. The van der Waals surface area contributed by atoms with Crippen molar-refractivity contribution in [3.8, 4) is 0 Å². The van der Waals surface area contributed by atoms with Crippen molar-refractivity contribution in [3.05, 3.63) is 89.0 Å². The second-order valence-corrected chi connectivity index (χ2v) is 8.69. The molecule has 4 rings (SSSR count). The normalized spacial score (nSPS) is 19.4. The molecule has 2 aliphatic rings. The molecule has 0 saturated carbocycles. The topological polar surface area (TPSA) is 73.5 Å². The van der Waals surface area contributed by atoms with Crippen LogP contribution >= 0.6 is 0 Å². The van der Waals surface area contributed by atoms with Crippen molar-refractivity contribution in [1.29, 1.82) is 0 Å². The molecule has 2 heterocycles. The molecule has 2 aromatic carbocycles. The minimum Gasteiger partial charge on any atom is -0.388 e. The number of fused-ring (bicyclic) bond motifs is 1. The quantitative estimate of drug-likeness (QED) is 0.580. The Morgan fingerprint density at radius 3 is 2.64 bits per heavy atom. The predicted molar refractivity (Wildman–Crippen MR) is 127 cm³/mol. The molecule has 0 unspecified atom stereocenters. The van der Waals surface area contributed by atoms with Crippen LogP contribution in [-0.4, -0.2) is 35.8 Å². The van der Waals surface area contributed by atoms with Gasteiger partial charge in [0, 0.05) is 30.4 Å². The average Bonchev–Trinajstić information content (AvgIpc) is 3.27. The van der Waals surface area contributed by atoms with E-state index < -0.39 is 5.54 Å². The zero-order valence-electron chi connectivity index (χ0n) is 19.1. The van der Waals surface area contributed by atoms with Gasteiger partial charge in [-0.1, -0.05) is 38.3 Å². The van der Waals surface area contributed by atoms with E-state index in [4.69, 9.17) is 0 Å². The van der Waals surface area contributed by atoms with Gasteiger partial charge in [-0.15, -0.1) is 0 Å². The van der Waals surface area contributed by atoms with E-state index in [2.05, 4.69) is 36.0 Å². The molecule has 2 aromatic rings. The molecule has 0 aliphatic carbocycles. The van der Waals surface area contributed by atoms with Crippen LogP contribution < -0.4 is 16.0 Å². The van der Waals surface area contributed by atoms with Gasteiger partial charge in [0.1, 0.15) is 11.4 Å². The van der Waals surface area contributed by atoms with E-state index in [9.17, 15) is 14.0 Å². The fourth-order valence-electron chi connectivity index (χ4n) is 4.53. The molecule has 0 bridgehead atoms. The van der Waals surface area contributed by atoms with E-state index in [1.165, 1.54) is 6.07 Å². The fourth-order valence-corrected chi connectivity index (χ4v) is 4.53. The third-order valence-corrected chi connectivity index (χ3v) is 6.51. The molecule has 1 saturated heterocycles. The van der Waals surface area contributed by atoms with Crippen LogP contribution in [0.3, 0.4) is 0 Å². The number of rotatable bonds is 8. The lowest BCUT2D eigenvalue weighted by Crippen LogP contribution is -2.55. The third kappa shape index (κ3) is 4.23. The molecule has 33 heavy (non-hydrogen) atoms. The number of carbonyl (C=O) groups excluding carboxylic acids is 2. The van der Waals surface area contributed by atoms with Gasteiger partial charge >= 0.3 is 0 Å². The standard InChI is InChI=1S/C26H29FN4O2/c1-5-18-6-8-20-14-31(24(32)22(20)12-18)15-26(25(33)29-17(3)30-26)11-10-19-7-9-23(27)21(13-19)16(2)28-4/h6-9,12-13,28,30H,2-3,5,10-11,14-15H2,1,4H3,(H,29,33)/t26-/m1/s1. The van der Waals surface area contributed by atoms with Gasteiger partial charge in [-0.3, -0.25) is 9.59 Å². The molecule has 0 spiro atoms. The molecule has 0 aromatic heterocycles. The molecule has 7 heteroatoms. The van der Waals surface area contributed by atoms with E-state index in [1.807, 2.05) is 18.2 Å². The lowest BCUT2D eigenvalue weighted by molar-refractivity contribution is -0.124. The summed E-state index contributed by atoms with van der Waals surface area (Å²) >= 11 is 0. The van der Waals surface area contributed by atoms with Crippen LogP contribution in [0.15, 0.2) is 55.4 Å². The van der Waals surface area contributed by atoms with Crippen molar-refractivity contribution in [2.45, 2.75) is 38.3 Å². The number of hydrogen-bond donors (Lipinski definition) is 3. The average molecular weight is 449 g/mol. The summed E-state index contributed by atoms with van der Waals surface area (Å²) in [5.41, 5.74) is 3.53. The summed E-state index contributed by atoms with van der Waals surface area (Å²) in [7, 11) is 1.69. The Kier molecular flexibility index (Phi) is 5.97. The van der Waals surface area contributed by atoms with Crippen LogP contribution in [0.2, 0.25) is 0 Å². The molecule has 0 radical (unpaired) electrons. The Balaban J connectivity index is 1.56. The van der Waals surface area contributed by atoms with Gasteiger partial charge in [0.05, 0.1) is 12.4 Å². The number of nitrogens with one attached hydrogen (secondary N) is 3. The summed E-state index contributed by atoms with van der Waals surface area (Å²) in [5.74, 6) is -0.223. The Morgan fingerprint density at radius 1 is 1.21 bits per heavy atom. The first kappa shape index (κ1) is 22.6. The molecule has 1 fully saturated rings. The maximum atomic E-state index is 14.2. The highest BCUT2D eigenvalue weighted by Gasteiger charge is 2.46. The van der Waals surface area contributed by atoms with E-state index >= 15 is 0 Å². The predicted octanol–water partition coefficient (Wildman–Crippen LogP) is 3.10. The van der Waals surface area contributed by atoms with E-state index in [0.29, 0.717) is 42.0 Å². The van der Waals surface area contributed by atoms with Gasteiger partial charge in [-0.2, -0.15) is 0 Å². The van der Waals surface area contributed by atoms with Crippen LogP contribution in [0.25, 0.3) is 5.70 Å². The fraction of sp³-hybridized carbons (Fsp3) is 0.308. The van der Waals surface area contributed by atoms with Crippen molar-refractivity contribution < 1.29 is 14.0 Å². The van der Waals surface area contributed by atoms with E-state index in [-0.39, 0.29) is 24.2 Å². The van der Waals surface area contributed by atoms with Crippen molar-refractivity contribution >= 4 is 17.5 Å². The first-order valence-corrected chi connectivity index (χ1v) is 11.1. The summed E-state index contributed by atoms with van der Waals surface area (Å²) in [6.07, 6.45) is 1.77. The second kappa shape index (κ2) is 8.73. The number of aryl methyl sites for hydroxylation is 2. The van der Waals surface area contributed by atoms with Gasteiger partial charge in [-0.05, 0) is 54.2 Å². The SMILES string of the molecule is C=C1NC(=O)[C@@](CCc2ccc(F)c(C(=C)NC)c2)(CN2Cc3ccc(CC)cc3C2=O)N1. The van der Waals surface area contributed by atoms with Gasteiger partial charge in [0.25, 0.3) is 11.8 Å². The second-order valence-electron chi connectivity index (χ2n) is 8.69. The zero-order chi connectivity index (χ0) is 23.8. The summed E-state index contributed by atoms with van der Waals surface area (Å²) in [5, 5.41) is 8.81. The minimum absolute atomic E-state index is 0.0684. The van der Waals surface area contributed by atoms with Crippen LogP contribution in [0.4, 0.5) is 4.39 Å². The molecule has 172 valence electrons. The van der Waals surface area contributed by atoms with Crippen molar-refractivity contribution in [2.24, 2.45) is 0 Å². The maximum absolute atomic E-state index is 14.2. The van der Waals surface area contributed by atoms with E-state index in [0.717, 1.165) is 23.1 Å². The highest BCUT2D eigenvalue weighted by molar-refractivity contribution is 5.99. The smallest absolute Gasteiger partial charge is 0.254 e. The number of carbonyl (C=O) groups is 2. The zero-order valence-corrected chi connectivity index (χ0v) is 19.1. The van der Waals surface area contributed by atoms with Crippen molar-refractivity contribution in [1.82, 2.24) is 20.9 Å². The van der Waals surface area contributed by atoms with Crippen LogP contribution in [0.5, 0.6) is 0 Å². The lowest BCUT2D eigenvalue weighted by Gasteiger charge is -2.31. The van der Waals surface area contributed by atoms with Crippen LogP contribution in [0.1, 0.15) is 46.0 Å². The van der Waals surface area contributed by atoms with Crippen molar-refractivity contribution in [3.63, 3.8) is 0 Å². The Hall–Kier alpha value is -3.61. The number of amides is 2. The highest BCUT2D eigenvalue weighted by atomic mass is 19.1. The highest BCUT2D eigenvalue weighted by Crippen LogP contribution is 2.30. The summed E-state index contributed by atoms with van der Waals surface area (Å²) in [6, 6.07) is 10.8. The Labute approximate surface area is 193 Å². The number of halogens is 1. The first-order valence-electron chi connectivity index (χ1n) is 11.1. The van der Waals surface area contributed by atoms with E-state index in [1.54, 1.807) is 24.1 Å². The van der Waals surface area contributed by atoms with Gasteiger partial charge < -0.3 is 20.9 Å². The van der Waals surface area contributed by atoms with Crippen molar-refractivity contribution in [2.75, 3.05) is 13.6 Å². The molecule has 3 N–H and O–H groups in total. The lowest BCUT2D eigenvalue weighted by atomic mass is 9.90. The Bertz CT molecular complexity index is 1160. The van der Waals surface area contributed by atoms with Gasteiger partial charge in [0.15, 0.2) is 0 Å². The monoisotopic (exact) mass is 448 g/mol. The maximum Gasteiger partial charge on any atom is 0.254 e. The minimum atomic E-state index is -1.02. The summed E-state index contributed by atoms with van der Waals surface area (Å²) < 4.78 is 14.2. The number of hydrogen-bond acceptors (Lipinski definition) is 4. The molecule has 2 aliphatic heterocycles. The number of benzene rings is 2. The summed E-state index contributed by atoms with van der Waals surface area (Å²) in [6.45, 7) is 10.4. The molecular weight excluding hydrogens is 419 g/mol. The first-order chi connectivity index (χ1) is 15.8. The molecule has 2 amide bonds. The largest absolute Gasteiger partial charge is 0.388 e. The molecule has 6 nitrogen and oxygen atoms in total. The van der Waals surface area contributed by atoms with Gasteiger partial charge in [-0.25, -0.2) is 4.39 Å². The van der Waals surface area contributed by atoms with Crippen LogP contribution in [0, 0.1) is 5.82 Å². The third-order valence-electron chi connectivity index (χ3n) is 6.51. The molecule has 1 atom stereocenters. The number of nitrogens with zero attached hydrogens (tertiary/aromatic N) is 1. The van der Waals surface area contributed by atoms with Crippen LogP contribution in [-0.2, 0) is 24.2 Å².